The van der Waals surface area contributed by atoms with Crippen LogP contribution in [0.2, 0.25) is 0 Å². The molecule has 0 aliphatic carbocycles. The van der Waals surface area contributed by atoms with Gasteiger partial charge in [0.25, 0.3) is 0 Å². The van der Waals surface area contributed by atoms with Gasteiger partial charge >= 0.3 is 5.97 Å². The Bertz CT molecular complexity index is 560. The fourth-order valence-electron chi connectivity index (χ4n) is 3.42. The first-order valence-electron chi connectivity index (χ1n) is 10.1. The Hall–Kier alpha value is -1.21. The van der Waals surface area contributed by atoms with Gasteiger partial charge in [0.05, 0.1) is 30.0 Å². The number of carbonyl (C=O) groups excluding carboxylic acids is 1. The highest BCUT2D eigenvalue weighted by molar-refractivity contribution is 5.66. The molecular weight excluding hydrogens is 360 g/mol. The van der Waals surface area contributed by atoms with Gasteiger partial charge in [0.15, 0.2) is 0 Å². The van der Waals surface area contributed by atoms with Crippen LogP contribution in [0.5, 0.6) is 0 Å². The maximum absolute atomic E-state index is 11.2. The first kappa shape index (κ1) is 24.8. The Morgan fingerprint density at radius 2 is 2.00 bits per heavy atom. The molecule has 0 unspecified atom stereocenters. The van der Waals surface area contributed by atoms with Crippen molar-refractivity contribution < 1.29 is 29.6 Å². The monoisotopic (exact) mass is 398 g/mol. The lowest BCUT2D eigenvalue weighted by Crippen LogP contribution is -2.43. The second kappa shape index (κ2) is 11.1. The molecule has 1 aliphatic rings. The van der Waals surface area contributed by atoms with Gasteiger partial charge in [-0.2, -0.15) is 0 Å². The van der Waals surface area contributed by atoms with Crippen molar-refractivity contribution in [3.63, 3.8) is 0 Å². The normalized spacial score (nSPS) is 25.1. The Labute approximate surface area is 169 Å². The Morgan fingerprint density at radius 1 is 1.32 bits per heavy atom. The van der Waals surface area contributed by atoms with Crippen LogP contribution in [0.1, 0.15) is 73.1 Å². The average Bonchev–Trinajstić information content (AvgIpc) is 3.00. The number of carbonyl (C=O) groups is 1. The Kier molecular flexibility index (Phi) is 9.84. The van der Waals surface area contributed by atoms with Gasteiger partial charge in [-0.25, -0.2) is 0 Å². The fourth-order valence-corrected chi connectivity index (χ4v) is 3.42. The van der Waals surface area contributed by atoms with Crippen molar-refractivity contribution >= 4 is 5.97 Å². The molecule has 28 heavy (non-hydrogen) atoms. The third-order valence-electron chi connectivity index (χ3n) is 5.42. The van der Waals surface area contributed by atoms with Crippen LogP contribution in [0.25, 0.3) is 0 Å². The number of rotatable bonds is 11. The maximum Gasteiger partial charge on any atom is 0.302 e. The summed E-state index contributed by atoms with van der Waals surface area (Å²) in [4.78, 5) is 11.2. The molecular formula is C22H38O6. The predicted octanol–water partition coefficient (Wildman–Crippen LogP) is 3.04. The first-order chi connectivity index (χ1) is 13.0. The van der Waals surface area contributed by atoms with Crippen molar-refractivity contribution in [1.82, 2.24) is 0 Å². The summed E-state index contributed by atoms with van der Waals surface area (Å²) in [5, 5.41) is 29.8. The number of aliphatic hydroxyl groups is 3. The van der Waals surface area contributed by atoms with Gasteiger partial charge in [0, 0.05) is 6.92 Å². The number of hydrogen-bond donors (Lipinski definition) is 3. The quantitative estimate of drug-likeness (QED) is 0.366. The van der Waals surface area contributed by atoms with E-state index in [0.717, 1.165) is 24.0 Å². The van der Waals surface area contributed by atoms with Crippen molar-refractivity contribution in [3.05, 3.63) is 23.3 Å². The van der Waals surface area contributed by atoms with Gasteiger partial charge in [-0.3, -0.25) is 4.79 Å². The van der Waals surface area contributed by atoms with E-state index in [4.69, 9.17) is 14.6 Å². The van der Waals surface area contributed by atoms with Gasteiger partial charge in [-0.15, -0.1) is 0 Å². The van der Waals surface area contributed by atoms with Crippen molar-refractivity contribution in [3.8, 4) is 0 Å². The van der Waals surface area contributed by atoms with Crippen molar-refractivity contribution in [2.24, 2.45) is 0 Å². The molecule has 162 valence electrons. The molecule has 0 spiro atoms. The zero-order valence-electron chi connectivity index (χ0n) is 18.0. The third kappa shape index (κ3) is 8.43. The van der Waals surface area contributed by atoms with Gasteiger partial charge < -0.3 is 24.8 Å². The van der Waals surface area contributed by atoms with Crippen molar-refractivity contribution in [2.75, 3.05) is 13.2 Å². The van der Waals surface area contributed by atoms with Crippen LogP contribution >= 0.6 is 0 Å². The molecule has 3 atom stereocenters. The summed E-state index contributed by atoms with van der Waals surface area (Å²) in [6, 6.07) is 0. The standard InChI is InChI=1S/C22H38O6/c1-16(12-14-23)7-6-8-18(15-27-17(2)24)9-10-19(25)22(5)13-11-20(28-22)21(3,4)26/h8,12,19-20,23,25-26H,6-7,9-11,13-15H2,1-5H3/b16-12+,18-8-/t19-,20-,22+/m0/s1. The zero-order valence-corrected chi connectivity index (χ0v) is 18.0. The van der Waals surface area contributed by atoms with Crippen LogP contribution in [-0.4, -0.2) is 57.9 Å². The summed E-state index contributed by atoms with van der Waals surface area (Å²) < 4.78 is 11.2. The third-order valence-corrected chi connectivity index (χ3v) is 5.42. The minimum absolute atomic E-state index is 0.0340. The molecule has 6 heteroatoms. The Morgan fingerprint density at radius 3 is 2.54 bits per heavy atom. The summed E-state index contributed by atoms with van der Waals surface area (Å²) >= 11 is 0. The molecule has 0 aromatic carbocycles. The van der Waals surface area contributed by atoms with E-state index in [2.05, 4.69) is 0 Å². The number of hydrogen-bond acceptors (Lipinski definition) is 6. The summed E-state index contributed by atoms with van der Waals surface area (Å²) in [7, 11) is 0. The molecule has 1 rings (SSSR count). The number of aliphatic hydroxyl groups excluding tert-OH is 2. The highest BCUT2D eigenvalue weighted by atomic mass is 16.5. The van der Waals surface area contributed by atoms with Gasteiger partial charge in [-0.05, 0) is 71.8 Å². The van der Waals surface area contributed by atoms with E-state index in [-0.39, 0.29) is 25.3 Å². The van der Waals surface area contributed by atoms with Crippen LogP contribution in [0.3, 0.4) is 0 Å². The molecule has 3 N–H and O–H groups in total. The van der Waals surface area contributed by atoms with E-state index in [1.165, 1.54) is 6.92 Å². The molecule has 0 saturated carbocycles. The maximum atomic E-state index is 11.2. The highest BCUT2D eigenvalue weighted by Gasteiger charge is 2.46. The van der Waals surface area contributed by atoms with E-state index in [9.17, 15) is 15.0 Å². The van der Waals surface area contributed by atoms with E-state index in [0.29, 0.717) is 25.7 Å². The molecule has 0 radical (unpaired) electrons. The van der Waals surface area contributed by atoms with Gasteiger partial charge in [-0.1, -0.05) is 17.7 Å². The lowest BCUT2D eigenvalue weighted by atomic mass is 9.90. The number of ether oxygens (including phenoxy) is 2. The summed E-state index contributed by atoms with van der Waals surface area (Å²) in [5.41, 5.74) is 0.456. The van der Waals surface area contributed by atoms with Crippen LogP contribution in [0.15, 0.2) is 23.3 Å². The smallest absolute Gasteiger partial charge is 0.302 e. The van der Waals surface area contributed by atoms with Crippen LogP contribution < -0.4 is 0 Å². The fraction of sp³-hybridized carbons (Fsp3) is 0.773. The molecule has 0 aromatic rings. The number of esters is 1. The molecule has 0 aromatic heterocycles. The predicted molar refractivity (Wildman–Crippen MR) is 109 cm³/mol. The number of allylic oxidation sites excluding steroid dienone is 2. The van der Waals surface area contributed by atoms with E-state index in [1.807, 2.05) is 19.9 Å². The molecule has 1 saturated heterocycles. The SMILES string of the molecule is CC(=O)OC/C(=C\CC/C(C)=C/CO)CC[C@H](O)[C@@]1(C)CC[C@@H](C(C)(C)O)O1. The Balaban J connectivity index is 2.65. The zero-order chi connectivity index (χ0) is 21.4. The average molecular weight is 399 g/mol. The minimum atomic E-state index is -0.933. The second-order valence-electron chi connectivity index (χ2n) is 8.58. The molecule has 1 fully saturated rings. The molecule has 0 bridgehead atoms. The summed E-state index contributed by atoms with van der Waals surface area (Å²) in [6.45, 7) is 8.94. The molecule has 1 aliphatic heterocycles. The molecule has 1 heterocycles. The lowest BCUT2D eigenvalue weighted by molar-refractivity contribution is -0.154. The van der Waals surface area contributed by atoms with E-state index in [1.54, 1.807) is 19.9 Å². The minimum Gasteiger partial charge on any atom is -0.461 e. The summed E-state index contributed by atoms with van der Waals surface area (Å²) in [6.07, 6.45) is 6.96. The van der Waals surface area contributed by atoms with Gasteiger partial charge in [0.2, 0.25) is 0 Å². The largest absolute Gasteiger partial charge is 0.461 e. The van der Waals surface area contributed by atoms with Crippen molar-refractivity contribution in [1.29, 1.82) is 0 Å². The first-order valence-corrected chi connectivity index (χ1v) is 10.1. The highest BCUT2D eigenvalue weighted by Crippen LogP contribution is 2.38. The van der Waals surface area contributed by atoms with E-state index < -0.39 is 17.3 Å². The lowest BCUT2D eigenvalue weighted by Gasteiger charge is -2.33. The van der Waals surface area contributed by atoms with Crippen LogP contribution in [0.4, 0.5) is 0 Å². The van der Waals surface area contributed by atoms with Gasteiger partial charge in [0.1, 0.15) is 6.61 Å². The summed E-state index contributed by atoms with van der Waals surface area (Å²) in [5.74, 6) is -0.332. The van der Waals surface area contributed by atoms with Crippen molar-refractivity contribution in [2.45, 2.75) is 96.6 Å². The topological polar surface area (TPSA) is 96.2 Å². The van der Waals surface area contributed by atoms with Crippen LogP contribution in [-0.2, 0) is 14.3 Å². The van der Waals surface area contributed by atoms with Crippen LogP contribution in [0, 0.1) is 0 Å². The molecule has 0 amide bonds. The molecule has 6 nitrogen and oxygen atoms in total. The second-order valence-corrected chi connectivity index (χ2v) is 8.58. The van der Waals surface area contributed by atoms with E-state index >= 15 is 0 Å².